The maximum atomic E-state index is 4.53. The molecule has 0 spiro atoms. The van der Waals surface area contributed by atoms with Gasteiger partial charge in [-0.05, 0) is 60.7 Å². The molecule has 4 nitrogen and oxygen atoms in total. The van der Waals surface area contributed by atoms with Crippen LogP contribution in [0, 0.1) is 6.92 Å². The Morgan fingerprint density at radius 1 is 1.00 bits per heavy atom. The zero-order valence-electron chi connectivity index (χ0n) is 15.1. The summed E-state index contributed by atoms with van der Waals surface area (Å²) in [6, 6.07) is 15.2. The zero-order chi connectivity index (χ0) is 17.9. The number of hydrogen-bond donors (Lipinski definition) is 1. The number of benzene rings is 1. The predicted molar refractivity (Wildman–Crippen MR) is 107 cm³/mol. The molecule has 0 saturated carbocycles. The van der Waals surface area contributed by atoms with Crippen molar-refractivity contribution in [2.75, 3.05) is 5.32 Å². The molecule has 2 aromatic heterocycles. The first-order valence-corrected chi connectivity index (χ1v) is 8.96. The van der Waals surface area contributed by atoms with Crippen LogP contribution in [-0.2, 0) is 13.0 Å². The SMILES string of the molecule is Cc1cc(-c2ccc(CNc3nccc4c3C=NC(C)C4)cc2)ccn1. The fourth-order valence-corrected chi connectivity index (χ4v) is 3.27. The van der Waals surface area contributed by atoms with Crippen LogP contribution in [0.1, 0.15) is 29.3 Å². The van der Waals surface area contributed by atoms with Gasteiger partial charge in [0, 0.05) is 36.4 Å². The Morgan fingerprint density at radius 2 is 1.81 bits per heavy atom. The minimum Gasteiger partial charge on any atom is -0.365 e. The summed E-state index contributed by atoms with van der Waals surface area (Å²) in [7, 11) is 0. The standard InChI is InChI=1S/C22H22N4/c1-15-11-19(7-9-23-15)18-5-3-17(4-6-18)13-26-22-21-14-25-16(2)12-20(21)8-10-24-22/h3-11,14,16H,12-13H2,1-2H3,(H,24,26). The van der Waals surface area contributed by atoms with E-state index < -0.39 is 0 Å². The van der Waals surface area contributed by atoms with Crippen molar-refractivity contribution in [2.24, 2.45) is 4.99 Å². The van der Waals surface area contributed by atoms with Gasteiger partial charge < -0.3 is 5.32 Å². The summed E-state index contributed by atoms with van der Waals surface area (Å²) in [5.74, 6) is 0.909. The van der Waals surface area contributed by atoms with E-state index in [1.54, 1.807) is 0 Å². The van der Waals surface area contributed by atoms with Crippen LogP contribution < -0.4 is 5.32 Å². The molecule has 3 heterocycles. The number of nitrogens with one attached hydrogen (secondary N) is 1. The molecule has 26 heavy (non-hydrogen) atoms. The van der Waals surface area contributed by atoms with E-state index in [9.17, 15) is 0 Å². The third-order valence-corrected chi connectivity index (χ3v) is 4.70. The Morgan fingerprint density at radius 3 is 2.62 bits per heavy atom. The molecule has 4 rings (SSSR count). The summed E-state index contributed by atoms with van der Waals surface area (Å²) in [5, 5.41) is 3.46. The summed E-state index contributed by atoms with van der Waals surface area (Å²) in [6.07, 6.45) is 6.66. The van der Waals surface area contributed by atoms with E-state index in [1.807, 2.05) is 31.6 Å². The van der Waals surface area contributed by atoms with Gasteiger partial charge in [-0.25, -0.2) is 4.98 Å². The lowest BCUT2D eigenvalue weighted by Crippen LogP contribution is -2.15. The molecule has 1 unspecified atom stereocenters. The summed E-state index contributed by atoms with van der Waals surface area (Å²) in [4.78, 5) is 13.3. The van der Waals surface area contributed by atoms with E-state index in [0.717, 1.165) is 30.0 Å². The van der Waals surface area contributed by atoms with E-state index >= 15 is 0 Å². The summed E-state index contributed by atoms with van der Waals surface area (Å²) < 4.78 is 0. The summed E-state index contributed by atoms with van der Waals surface area (Å²) >= 11 is 0. The van der Waals surface area contributed by atoms with Gasteiger partial charge in [-0.1, -0.05) is 24.3 Å². The number of aryl methyl sites for hydroxylation is 1. The lowest BCUT2D eigenvalue weighted by atomic mass is 10.00. The van der Waals surface area contributed by atoms with Crippen molar-refractivity contribution >= 4 is 12.0 Å². The molecular weight excluding hydrogens is 320 g/mol. The minimum absolute atomic E-state index is 0.349. The third kappa shape index (κ3) is 3.49. The lowest BCUT2D eigenvalue weighted by Gasteiger charge is -2.18. The zero-order valence-corrected chi connectivity index (χ0v) is 15.1. The van der Waals surface area contributed by atoms with E-state index in [0.29, 0.717) is 6.04 Å². The molecule has 1 aliphatic rings. The van der Waals surface area contributed by atoms with Crippen LogP contribution >= 0.6 is 0 Å². The van der Waals surface area contributed by atoms with Crippen LogP contribution in [0.2, 0.25) is 0 Å². The van der Waals surface area contributed by atoms with Gasteiger partial charge >= 0.3 is 0 Å². The van der Waals surface area contributed by atoms with E-state index in [-0.39, 0.29) is 0 Å². The third-order valence-electron chi connectivity index (χ3n) is 4.70. The topological polar surface area (TPSA) is 50.2 Å². The Labute approximate surface area is 154 Å². The molecular formula is C22H22N4. The lowest BCUT2D eigenvalue weighted by molar-refractivity contribution is 0.731. The highest BCUT2D eigenvalue weighted by Gasteiger charge is 2.14. The van der Waals surface area contributed by atoms with Gasteiger partial charge in [0.25, 0.3) is 0 Å². The van der Waals surface area contributed by atoms with Crippen molar-refractivity contribution in [3.63, 3.8) is 0 Å². The average Bonchev–Trinajstić information content (AvgIpc) is 2.66. The number of anilines is 1. The Balaban J connectivity index is 1.48. The van der Waals surface area contributed by atoms with E-state index in [2.05, 4.69) is 63.6 Å². The number of pyridine rings is 2. The predicted octanol–water partition coefficient (Wildman–Crippen LogP) is 4.43. The van der Waals surface area contributed by atoms with Gasteiger partial charge in [0.15, 0.2) is 0 Å². The number of aliphatic imine (C=N–C) groups is 1. The first-order valence-electron chi connectivity index (χ1n) is 8.96. The molecule has 1 aromatic carbocycles. The van der Waals surface area contributed by atoms with Crippen molar-refractivity contribution in [3.05, 3.63) is 77.2 Å². The van der Waals surface area contributed by atoms with Crippen molar-refractivity contribution in [2.45, 2.75) is 32.9 Å². The summed E-state index contributed by atoms with van der Waals surface area (Å²) in [5.41, 5.74) is 7.09. The van der Waals surface area contributed by atoms with Gasteiger partial charge in [-0.2, -0.15) is 0 Å². The van der Waals surface area contributed by atoms with E-state index in [4.69, 9.17) is 0 Å². The second kappa shape index (κ2) is 7.08. The fourth-order valence-electron chi connectivity index (χ4n) is 3.27. The highest BCUT2D eigenvalue weighted by molar-refractivity contribution is 5.89. The molecule has 130 valence electrons. The number of aromatic nitrogens is 2. The molecule has 4 heteroatoms. The number of hydrogen-bond acceptors (Lipinski definition) is 4. The van der Waals surface area contributed by atoms with Crippen LogP contribution in [-0.4, -0.2) is 22.2 Å². The Hall–Kier alpha value is -3.01. The Kier molecular flexibility index (Phi) is 4.48. The van der Waals surface area contributed by atoms with Gasteiger partial charge in [-0.3, -0.25) is 9.98 Å². The molecule has 3 aromatic rings. The monoisotopic (exact) mass is 342 g/mol. The second-order valence-electron chi connectivity index (χ2n) is 6.80. The first-order chi connectivity index (χ1) is 12.7. The molecule has 0 fully saturated rings. The highest BCUT2D eigenvalue weighted by atomic mass is 15.0. The highest BCUT2D eigenvalue weighted by Crippen LogP contribution is 2.23. The van der Waals surface area contributed by atoms with Crippen molar-refractivity contribution in [1.82, 2.24) is 9.97 Å². The van der Waals surface area contributed by atoms with Gasteiger partial charge in [0.05, 0.1) is 6.04 Å². The van der Waals surface area contributed by atoms with Crippen molar-refractivity contribution < 1.29 is 0 Å². The van der Waals surface area contributed by atoms with Gasteiger partial charge in [0.1, 0.15) is 5.82 Å². The molecule has 0 saturated heterocycles. The minimum atomic E-state index is 0.349. The van der Waals surface area contributed by atoms with Crippen LogP contribution in [0.15, 0.2) is 59.9 Å². The second-order valence-corrected chi connectivity index (χ2v) is 6.80. The average molecular weight is 342 g/mol. The maximum Gasteiger partial charge on any atom is 0.135 e. The molecule has 1 aliphatic heterocycles. The van der Waals surface area contributed by atoms with Gasteiger partial charge in [0.2, 0.25) is 0 Å². The molecule has 0 amide bonds. The van der Waals surface area contributed by atoms with Gasteiger partial charge in [-0.15, -0.1) is 0 Å². The van der Waals surface area contributed by atoms with Crippen molar-refractivity contribution in [1.29, 1.82) is 0 Å². The van der Waals surface area contributed by atoms with Crippen LogP contribution in [0.4, 0.5) is 5.82 Å². The Bertz CT molecular complexity index is 945. The quantitative estimate of drug-likeness (QED) is 0.763. The molecule has 0 aliphatic carbocycles. The van der Waals surface area contributed by atoms with Crippen molar-refractivity contribution in [3.8, 4) is 11.1 Å². The van der Waals surface area contributed by atoms with Crippen LogP contribution in [0.25, 0.3) is 11.1 Å². The van der Waals surface area contributed by atoms with E-state index in [1.165, 1.54) is 22.3 Å². The first kappa shape index (κ1) is 16.5. The number of nitrogens with zero attached hydrogens (tertiary/aromatic N) is 3. The number of fused-ring (bicyclic) bond motifs is 1. The summed E-state index contributed by atoms with van der Waals surface area (Å²) in [6.45, 7) is 4.89. The van der Waals surface area contributed by atoms with Crippen LogP contribution in [0.5, 0.6) is 0 Å². The maximum absolute atomic E-state index is 4.53. The molecule has 1 N–H and O–H groups in total. The molecule has 0 bridgehead atoms. The number of rotatable bonds is 4. The molecule has 1 atom stereocenters. The smallest absolute Gasteiger partial charge is 0.135 e. The van der Waals surface area contributed by atoms with Crippen LogP contribution in [0.3, 0.4) is 0 Å². The molecule has 0 radical (unpaired) electrons. The largest absolute Gasteiger partial charge is 0.365 e. The fraction of sp³-hybridized carbons (Fsp3) is 0.227. The normalized spacial score (nSPS) is 15.5.